The molecule has 2 atom stereocenters. The Bertz CT molecular complexity index is 2910. The van der Waals surface area contributed by atoms with E-state index in [4.69, 9.17) is 39.1 Å². The summed E-state index contributed by atoms with van der Waals surface area (Å²) in [4.78, 5) is 33.8. The molecular weight excluding hydrogens is 873 g/mol. The fraction of sp³-hybridized carbons (Fsp3) is 0.286. The summed E-state index contributed by atoms with van der Waals surface area (Å²) in [6.45, 7) is 13.6. The van der Waals surface area contributed by atoms with Crippen molar-refractivity contribution in [3.63, 3.8) is 0 Å². The lowest BCUT2D eigenvalue weighted by Gasteiger charge is -2.17. The van der Waals surface area contributed by atoms with Crippen LogP contribution in [-0.4, -0.2) is 78.6 Å². The van der Waals surface area contributed by atoms with E-state index in [1.54, 1.807) is 18.2 Å². The van der Waals surface area contributed by atoms with Gasteiger partial charge >= 0.3 is 5.97 Å². The molecule has 0 bridgehead atoms. The summed E-state index contributed by atoms with van der Waals surface area (Å²) in [5, 5.41) is 12.2. The van der Waals surface area contributed by atoms with Crippen LogP contribution in [0.4, 0.5) is 22.7 Å². The number of nitrogens with zero attached hydrogens (tertiary/aromatic N) is 2. The van der Waals surface area contributed by atoms with E-state index in [1.807, 2.05) is 138 Å². The first-order valence-corrected chi connectivity index (χ1v) is 23.0. The van der Waals surface area contributed by atoms with Gasteiger partial charge in [-0.15, -0.1) is 0 Å². The summed E-state index contributed by atoms with van der Waals surface area (Å²) in [6.07, 6.45) is 1.27. The van der Waals surface area contributed by atoms with Crippen LogP contribution >= 0.6 is 0 Å². The van der Waals surface area contributed by atoms with Gasteiger partial charge in [0.05, 0.1) is 47.1 Å². The molecule has 69 heavy (non-hydrogen) atoms. The van der Waals surface area contributed by atoms with Crippen molar-refractivity contribution in [2.75, 3.05) is 37.5 Å². The number of para-hydroxylation sites is 2. The minimum atomic E-state index is -0.924. The molecular formula is C56H58N4O9. The Morgan fingerprint density at radius 2 is 1.12 bits per heavy atom. The van der Waals surface area contributed by atoms with Crippen LogP contribution in [0.3, 0.4) is 0 Å². The molecule has 10 rings (SSSR count). The molecule has 4 N–H and O–H groups in total. The molecule has 2 fully saturated rings. The molecule has 0 saturated carbocycles. The van der Waals surface area contributed by atoms with E-state index in [1.165, 1.54) is 5.56 Å². The Morgan fingerprint density at radius 3 is 1.61 bits per heavy atom. The van der Waals surface area contributed by atoms with Crippen molar-refractivity contribution in [1.82, 2.24) is 0 Å². The van der Waals surface area contributed by atoms with Crippen LogP contribution in [0.1, 0.15) is 81.8 Å². The molecule has 2 saturated heterocycles. The van der Waals surface area contributed by atoms with E-state index < -0.39 is 17.5 Å². The van der Waals surface area contributed by atoms with Crippen molar-refractivity contribution in [1.29, 1.82) is 0 Å². The molecule has 4 aliphatic rings. The number of carbonyl (C=O) groups is 2. The van der Waals surface area contributed by atoms with Crippen molar-refractivity contribution >= 4 is 46.0 Å². The van der Waals surface area contributed by atoms with E-state index in [0.717, 1.165) is 50.7 Å². The number of carboxylic acids is 1. The predicted octanol–water partition coefficient (Wildman–Crippen LogP) is 10.6. The molecule has 4 aliphatic heterocycles. The van der Waals surface area contributed by atoms with Crippen LogP contribution in [-0.2, 0) is 31.8 Å². The second-order valence-corrected chi connectivity index (χ2v) is 18.1. The highest BCUT2D eigenvalue weighted by molar-refractivity contribution is 6.13. The molecule has 13 heteroatoms. The summed E-state index contributed by atoms with van der Waals surface area (Å²) >= 11 is 0. The third kappa shape index (κ3) is 12.3. The first kappa shape index (κ1) is 48.3. The van der Waals surface area contributed by atoms with Crippen LogP contribution in [0.25, 0.3) is 0 Å². The SMILES string of the molecule is CC1(C)OCC(COc2cccc(N)c2)O1.Cc1ccccc1C1=Nc2c(cccc2C(=O)Nc2cccc(OCC3COC(C)(C)O3)c2)C1.Cc1ccccc1C1=Nc2c(cccc2C(=O)O)C1. The van der Waals surface area contributed by atoms with Crippen molar-refractivity contribution in [2.24, 2.45) is 9.98 Å². The lowest BCUT2D eigenvalue weighted by Crippen LogP contribution is -2.25. The Hall–Kier alpha value is -7.16. The number of aryl methyl sites for hydroxylation is 2. The molecule has 13 nitrogen and oxygen atoms in total. The first-order valence-electron chi connectivity index (χ1n) is 23.0. The minimum Gasteiger partial charge on any atom is -0.491 e. The molecule has 0 radical (unpaired) electrons. The monoisotopic (exact) mass is 930 g/mol. The van der Waals surface area contributed by atoms with Gasteiger partial charge in [0, 0.05) is 36.3 Å². The molecule has 1 amide bonds. The molecule has 6 aromatic rings. The Balaban J connectivity index is 0.000000154. The van der Waals surface area contributed by atoms with Crippen molar-refractivity contribution in [3.8, 4) is 11.5 Å². The number of nitrogens with one attached hydrogen (secondary N) is 1. The molecule has 4 heterocycles. The number of hydrogen-bond acceptors (Lipinski definition) is 11. The third-order valence-corrected chi connectivity index (χ3v) is 11.8. The minimum absolute atomic E-state index is 0.0172. The summed E-state index contributed by atoms with van der Waals surface area (Å²) in [5.74, 6) is -0.785. The lowest BCUT2D eigenvalue weighted by molar-refractivity contribution is -0.141. The van der Waals surface area contributed by atoms with E-state index >= 15 is 0 Å². The Morgan fingerprint density at radius 1 is 0.638 bits per heavy atom. The van der Waals surface area contributed by atoms with Crippen LogP contribution in [0.2, 0.25) is 0 Å². The number of benzene rings is 6. The fourth-order valence-electron chi connectivity index (χ4n) is 8.44. The number of aliphatic imine (C=N–C) groups is 2. The number of amides is 1. The van der Waals surface area contributed by atoms with E-state index in [0.29, 0.717) is 67.6 Å². The average Bonchev–Trinajstić information content (AvgIpc) is 4.12. The van der Waals surface area contributed by atoms with Gasteiger partial charge in [-0.3, -0.25) is 14.8 Å². The maximum absolute atomic E-state index is 13.2. The van der Waals surface area contributed by atoms with Crippen LogP contribution < -0.4 is 20.5 Å². The molecule has 0 spiro atoms. The van der Waals surface area contributed by atoms with Gasteiger partial charge in [0.1, 0.15) is 36.9 Å². The van der Waals surface area contributed by atoms with E-state index in [-0.39, 0.29) is 23.7 Å². The standard InChI is InChI=1S/C28H28N2O4.C16H13NO2.C12H17NO3/c1-18-8-4-5-12-23(18)25-14-19-9-6-13-24(26(19)30-25)27(31)29-20-10-7-11-21(15-20)32-16-22-17-33-28(2,3)34-22;1-10-5-2-3-7-12(10)14-9-11-6-4-8-13(16(18)19)15(11)17-14;1-12(2)15-8-11(16-12)7-14-10-5-3-4-9(13)6-10/h4-13,15,22H,14,16-17H2,1-3H3,(H,29,31);2-8H,9H2,1H3,(H,18,19);3-6,11H,7-8,13H2,1-2H3. The highest BCUT2D eigenvalue weighted by Crippen LogP contribution is 2.35. The molecule has 6 aromatic carbocycles. The topological polar surface area (TPSA) is 173 Å². The van der Waals surface area contributed by atoms with Crippen molar-refractivity contribution in [2.45, 2.75) is 78.2 Å². The van der Waals surface area contributed by atoms with Crippen molar-refractivity contribution in [3.05, 3.63) is 178 Å². The number of ether oxygens (including phenoxy) is 6. The van der Waals surface area contributed by atoms with Crippen molar-refractivity contribution < 1.29 is 43.1 Å². The number of anilines is 2. The number of nitrogens with two attached hydrogens (primary N) is 1. The van der Waals surface area contributed by atoms with Gasteiger partial charge in [-0.1, -0.05) is 84.9 Å². The molecule has 2 unspecified atom stereocenters. The highest BCUT2D eigenvalue weighted by Gasteiger charge is 2.34. The van der Waals surface area contributed by atoms with Gasteiger partial charge < -0.3 is 44.6 Å². The largest absolute Gasteiger partial charge is 0.491 e. The van der Waals surface area contributed by atoms with E-state index in [2.05, 4.69) is 29.4 Å². The number of hydrogen-bond donors (Lipinski definition) is 3. The smallest absolute Gasteiger partial charge is 0.337 e. The van der Waals surface area contributed by atoms with Gasteiger partial charge in [0.2, 0.25) is 0 Å². The summed E-state index contributed by atoms with van der Waals surface area (Å²) in [7, 11) is 0. The summed E-state index contributed by atoms with van der Waals surface area (Å²) < 4.78 is 33.9. The number of aromatic carboxylic acids is 1. The van der Waals surface area contributed by atoms with Gasteiger partial charge in [-0.2, -0.15) is 0 Å². The number of carbonyl (C=O) groups excluding carboxylic acids is 1. The highest BCUT2D eigenvalue weighted by atomic mass is 16.8. The average molecular weight is 931 g/mol. The van der Waals surface area contributed by atoms with Gasteiger partial charge in [-0.25, -0.2) is 4.79 Å². The molecule has 356 valence electrons. The zero-order chi connectivity index (χ0) is 48.7. The Labute approximate surface area is 402 Å². The predicted molar refractivity (Wildman–Crippen MR) is 268 cm³/mol. The van der Waals surface area contributed by atoms with Crippen LogP contribution in [0.15, 0.2) is 143 Å². The summed E-state index contributed by atoms with van der Waals surface area (Å²) in [6, 6.07) is 42.0. The second-order valence-electron chi connectivity index (χ2n) is 18.1. The van der Waals surface area contributed by atoms with E-state index in [9.17, 15) is 14.7 Å². The Kier molecular flexibility index (Phi) is 14.7. The second kappa shape index (κ2) is 21.0. The fourth-order valence-corrected chi connectivity index (χ4v) is 8.44. The zero-order valence-corrected chi connectivity index (χ0v) is 39.8. The number of rotatable bonds is 11. The van der Waals surface area contributed by atoms with Gasteiger partial charge in [0.25, 0.3) is 5.91 Å². The maximum atomic E-state index is 13.2. The van der Waals surface area contributed by atoms with Gasteiger partial charge in [-0.05, 0) is 111 Å². The maximum Gasteiger partial charge on any atom is 0.337 e. The van der Waals surface area contributed by atoms with Crippen LogP contribution in [0.5, 0.6) is 11.5 Å². The lowest BCUT2D eigenvalue weighted by atomic mass is 9.99. The quantitative estimate of drug-likeness (QED) is 0.106. The number of nitrogen functional groups attached to an aromatic ring is 1. The van der Waals surface area contributed by atoms with Crippen LogP contribution in [0, 0.1) is 13.8 Å². The molecule has 0 aromatic heterocycles. The first-order chi connectivity index (χ1) is 33.1. The molecule has 0 aliphatic carbocycles. The number of carboxylic acid groups (broad SMARTS) is 1. The zero-order valence-electron chi connectivity index (χ0n) is 39.8. The van der Waals surface area contributed by atoms with Gasteiger partial charge in [0.15, 0.2) is 11.6 Å². The number of fused-ring (bicyclic) bond motifs is 2. The normalized spacial score (nSPS) is 18.0. The third-order valence-electron chi connectivity index (χ3n) is 11.8. The summed E-state index contributed by atoms with van der Waals surface area (Å²) in [5.41, 5.74) is 17.7.